The van der Waals surface area contributed by atoms with Gasteiger partial charge in [0.2, 0.25) is 0 Å². The first-order valence-electron chi connectivity index (χ1n) is 29.3. The Kier molecular flexibility index (Phi) is 11.2. The van der Waals surface area contributed by atoms with Crippen molar-refractivity contribution in [1.82, 2.24) is 58.1 Å². The fraction of sp³-hybridized carbons (Fsp3) is 0. The van der Waals surface area contributed by atoms with E-state index in [1.165, 1.54) is 0 Å². The summed E-state index contributed by atoms with van der Waals surface area (Å²) in [6, 6.07) is 76.5. The normalized spacial score (nSPS) is 11.9. The van der Waals surface area contributed by atoms with Gasteiger partial charge in [0.15, 0.2) is 29.1 Å². The summed E-state index contributed by atoms with van der Waals surface area (Å²) in [4.78, 5) is 37.9. The number of halogens is 1. The number of fused-ring (bicyclic) bond motifs is 12. The number of para-hydroxylation sites is 4. The number of benzene rings is 10. The van der Waals surface area contributed by atoms with Crippen LogP contribution in [0.25, 0.3) is 167 Å². The summed E-state index contributed by atoms with van der Waals surface area (Å²) in [5.41, 5.74) is 13.4. The smallest absolute Gasteiger partial charge is 0.175 e. The number of nitrogens with zero attached hydrogens (tertiary/aromatic N) is 12. The summed E-state index contributed by atoms with van der Waals surface area (Å²) in [6.45, 7) is 0. The minimum absolute atomic E-state index is 0.347. The summed E-state index contributed by atoms with van der Waals surface area (Å²) < 4.78 is 30.4. The van der Waals surface area contributed by atoms with Crippen LogP contribution in [-0.4, -0.2) is 58.1 Å². The van der Waals surface area contributed by atoms with Gasteiger partial charge < -0.3 is 18.3 Å². The highest BCUT2D eigenvalue weighted by Crippen LogP contribution is 2.52. The van der Waals surface area contributed by atoms with Crippen molar-refractivity contribution in [1.29, 1.82) is 0 Å². The average Bonchev–Trinajstić information content (AvgIpc) is 1.64. The number of hydrogen-bond donors (Lipinski definition) is 0. The van der Waals surface area contributed by atoms with E-state index in [-0.39, 0.29) is 0 Å². The van der Waals surface area contributed by atoms with E-state index in [0.717, 1.165) is 121 Å². The molecule has 0 spiro atoms. The minimum atomic E-state index is -0.454. The first-order chi connectivity index (χ1) is 44.1. The molecule has 18 rings (SSSR count). The van der Waals surface area contributed by atoms with Crippen LogP contribution in [0.3, 0.4) is 0 Å². The molecule has 0 saturated heterocycles. The third-order valence-corrected chi connectivity index (χ3v) is 17.3. The molecule has 18 aromatic rings. The van der Waals surface area contributed by atoms with Crippen LogP contribution >= 0.6 is 0 Å². The maximum absolute atomic E-state index is 21.5. The van der Waals surface area contributed by atoms with Gasteiger partial charge in [0.25, 0.3) is 0 Å². The predicted molar refractivity (Wildman–Crippen MR) is 353 cm³/mol. The van der Waals surface area contributed by atoms with Gasteiger partial charge in [-0.05, 0) is 127 Å². The van der Waals surface area contributed by atoms with Crippen molar-refractivity contribution in [2.45, 2.75) is 0 Å². The molecule has 10 aromatic carbocycles. The molecule has 0 bridgehead atoms. The van der Waals surface area contributed by atoms with Gasteiger partial charge in [-0.25, -0.2) is 44.3 Å². The standard InChI is InChI=1S/C76H45FN12/c77-68-71(88-59-22-8-4-18-51(59)52-19-5-9-23-60(52)88)69(86-63-30-26-47(73-78-34-12-35-79-73)42-55(63)56-43-48(27-31-64(56)86)74-80-36-13-37-81-74)67(46-16-2-1-3-17-46)70(72(68)89-61-24-10-6-20-53(61)54-21-7-11-25-62(54)89)87-65-32-28-49(75-82-38-14-39-83-75)44-57(65)58-45-50(29-33-66(58)87)76-84-40-15-41-85-76/h1-45H. The second kappa shape index (κ2) is 19.9. The second-order valence-corrected chi connectivity index (χ2v) is 22.1. The molecule has 0 amide bonds. The van der Waals surface area contributed by atoms with Crippen LogP contribution in [0.4, 0.5) is 4.39 Å². The monoisotopic (exact) mass is 1140 g/mol. The Morgan fingerprint density at radius 2 is 0.461 bits per heavy atom. The van der Waals surface area contributed by atoms with Crippen molar-refractivity contribution in [3.63, 3.8) is 0 Å². The molecule has 416 valence electrons. The van der Waals surface area contributed by atoms with E-state index in [9.17, 15) is 0 Å². The van der Waals surface area contributed by atoms with E-state index in [1.807, 2.05) is 54.6 Å². The van der Waals surface area contributed by atoms with Gasteiger partial charge in [0.1, 0.15) is 11.4 Å². The van der Waals surface area contributed by atoms with Crippen molar-refractivity contribution in [2.75, 3.05) is 0 Å². The third kappa shape index (κ3) is 7.65. The van der Waals surface area contributed by atoms with E-state index in [1.54, 1.807) is 49.6 Å². The maximum Gasteiger partial charge on any atom is 0.175 e. The van der Waals surface area contributed by atoms with E-state index >= 15 is 4.39 Å². The van der Waals surface area contributed by atoms with Crippen LogP contribution < -0.4 is 0 Å². The van der Waals surface area contributed by atoms with Crippen LogP contribution in [-0.2, 0) is 0 Å². The molecule has 0 radical (unpaired) electrons. The van der Waals surface area contributed by atoms with Gasteiger partial charge in [-0.15, -0.1) is 0 Å². The first-order valence-corrected chi connectivity index (χ1v) is 29.3. The fourth-order valence-electron chi connectivity index (χ4n) is 13.6. The van der Waals surface area contributed by atoms with Crippen molar-refractivity contribution < 1.29 is 4.39 Å². The Hall–Kier alpha value is -12.4. The zero-order valence-corrected chi connectivity index (χ0v) is 47.2. The summed E-state index contributed by atoms with van der Waals surface area (Å²) in [5, 5.41) is 7.52. The number of rotatable bonds is 9. The van der Waals surface area contributed by atoms with E-state index in [2.05, 4.69) is 188 Å². The molecule has 12 nitrogen and oxygen atoms in total. The van der Waals surface area contributed by atoms with Crippen LogP contribution in [0.5, 0.6) is 0 Å². The molecular weight excluding hydrogens is 1100 g/mol. The topological polar surface area (TPSA) is 123 Å². The largest absolute Gasteiger partial charge is 0.306 e. The van der Waals surface area contributed by atoms with Crippen molar-refractivity contribution in [3.8, 4) is 79.4 Å². The Morgan fingerprint density at radius 3 is 0.753 bits per heavy atom. The van der Waals surface area contributed by atoms with E-state index in [4.69, 9.17) is 39.9 Å². The average molecular weight is 1150 g/mol. The zero-order chi connectivity index (χ0) is 58.7. The molecule has 0 fully saturated rings. The lowest BCUT2D eigenvalue weighted by Gasteiger charge is -2.28. The Labute approximate surface area is 506 Å². The van der Waals surface area contributed by atoms with Crippen LogP contribution in [0.1, 0.15) is 0 Å². The van der Waals surface area contributed by atoms with Gasteiger partial charge in [-0.1, -0.05) is 103 Å². The second-order valence-electron chi connectivity index (χ2n) is 22.1. The van der Waals surface area contributed by atoms with Crippen molar-refractivity contribution >= 4 is 87.2 Å². The van der Waals surface area contributed by atoms with Gasteiger partial charge in [-0.2, -0.15) is 0 Å². The molecule has 8 heterocycles. The summed E-state index contributed by atoms with van der Waals surface area (Å²) in [5.74, 6) is 1.85. The van der Waals surface area contributed by atoms with Gasteiger partial charge in [0, 0.05) is 120 Å². The van der Waals surface area contributed by atoms with Crippen LogP contribution in [0, 0.1) is 5.82 Å². The third-order valence-electron chi connectivity index (χ3n) is 17.3. The molecule has 0 unspecified atom stereocenters. The SMILES string of the molecule is Fc1c(-n2c3ccccc3c3ccccc32)c(-n2c3ccc(-c4ncccn4)cc3c3cc(-c4ncccn4)ccc32)c(-c2ccccc2)c(-n2c3ccc(-c4ncccn4)cc3c3cc(-c4ncccn4)ccc32)c1-n1c2ccccc2c2ccccc21. The summed E-state index contributed by atoms with van der Waals surface area (Å²) >= 11 is 0. The minimum Gasteiger partial charge on any atom is -0.306 e. The lowest BCUT2D eigenvalue weighted by atomic mass is 9.96. The van der Waals surface area contributed by atoms with Crippen LogP contribution in [0.2, 0.25) is 0 Å². The highest BCUT2D eigenvalue weighted by Gasteiger charge is 2.35. The van der Waals surface area contributed by atoms with Gasteiger partial charge in [-0.3, -0.25) is 0 Å². The highest BCUT2D eigenvalue weighted by atomic mass is 19.1. The molecule has 0 aliphatic heterocycles. The highest BCUT2D eigenvalue weighted by molar-refractivity contribution is 6.17. The maximum atomic E-state index is 21.5. The molecular formula is C76H45FN12. The number of hydrogen-bond acceptors (Lipinski definition) is 8. The lowest BCUT2D eigenvalue weighted by molar-refractivity contribution is 0.612. The Morgan fingerprint density at radius 1 is 0.213 bits per heavy atom. The molecule has 13 heteroatoms. The summed E-state index contributed by atoms with van der Waals surface area (Å²) in [7, 11) is 0. The molecule has 0 N–H and O–H groups in total. The molecule has 0 atom stereocenters. The quantitative estimate of drug-likeness (QED) is 0.140. The fourth-order valence-corrected chi connectivity index (χ4v) is 13.6. The molecule has 89 heavy (non-hydrogen) atoms. The summed E-state index contributed by atoms with van der Waals surface area (Å²) in [6.07, 6.45) is 14.1. The predicted octanol–water partition coefficient (Wildman–Crippen LogP) is 17.7. The zero-order valence-electron chi connectivity index (χ0n) is 47.2. The molecule has 0 aliphatic carbocycles. The van der Waals surface area contributed by atoms with Crippen LogP contribution in [0.15, 0.2) is 274 Å². The Balaban J connectivity index is 1.11. The first kappa shape index (κ1) is 50.0. The van der Waals surface area contributed by atoms with Gasteiger partial charge >= 0.3 is 0 Å². The lowest BCUT2D eigenvalue weighted by Crippen LogP contribution is -2.16. The Bertz CT molecular complexity index is 5220. The van der Waals surface area contributed by atoms with Crippen molar-refractivity contribution in [2.24, 2.45) is 0 Å². The van der Waals surface area contributed by atoms with Crippen molar-refractivity contribution in [3.05, 3.63) is 280 Å². The molecule has 0 saturated carbocycles. The molecule has 8 aromatic heterocycles. The van der Waals surface area contributed by atoms with E-state index < -0.39 is 5.82 Å². The van der Waals surface area contributed by atoms with E-state index in [0.29, 0.717) is 46.0 Å². The molecule has 0 aliphatic rings. The van der Waals surface area contributed by atoms with Gasteiger partial charge in [0.05, 0.1) is 55.5 Å². The number of aromatic nitrogens is 12.